The highest BCUT2D eigenvalue weighted by Crippen LogP contribution is 2.41. The van der Waals surface area contributed by atoms with Gasteiger partial charge in [-0.3, -0.25) is 4.79 Å². The summed E-state index contributed by atoms with van der Waals surface area (Å²) in [7, 11) is 0. The molecule has 0 saturated carbocycles. The molecule has 0 radical (unpaired) electrons. The lowest BCUT2D eigenvalue weighted by Gasteiger charge is -2.36. The van der Waals surface area contributed by atoms with E-state index in [-0.39, 0.29) is 11.3 Å². The van der Waals surface area contributed by atoms with Gasteiger partial charge in [-0.1, -0.05) is 50.1 Å². The molecule has 2 rings (SSSR count). The molecule has 1 atom stereocenters. The Balaban J connectivity index is 2.25. The molecule has 2 N–H and O–H groups in total. The second kappa shape index (κ2) is 12.3. The van der Waals surface area contributed by atoms with Crippen LogP contribution in [0.2, 0.25) is 5.02 Å². The van der Waals surface area contributed by atoms with Crippen LogP contribution in [0.15, 0.2) is 36.1 Å². The van der Waals surface area contributed by atoms with E-state index < -0.39 is 0 Å². The Morgan fingerprint density at radius 3 is 2.48 bits per heavy atom. The summed E-state index contributed by atoms with van der Waals surface area (Å²) in [6.07, 6.45) is 11.0. The third-order valence-corrected chi connectivity index (χ3v) is 7.19. The molecule has 0 aromatic heterocycles. The van der Waals surface area contributed by atoms with Crippen molar-refractivity contribution < 1.29 is 4.79 Å². The van der Waals surface area contributed by atoms with Crippen LogP contribution in [0.25, 0.3) is 0 Å². The maximum absolute atomic E-state index is 12.8. The molecule has 0 bridgehead atoms. The maximum atomic E-state index is 12.8. The zero-order valence-electron chi connectivity index (χ0n) is 20.0. The molecule has 0 spiro atoms. The number of amides is 1. The van der Waals surface area contributed by atoms with Gasteiger partial charge in [0.1, 0.15) is 0 Å². The molecule has 0 fully saturated rings. The van der Waals surface area contributed by atoms with Gasteiger partial charge in [-0.25, -0.2) is 0 Å². The number of carbonyl (C=O) groups excluding carboxylic acids is 1. The van der Waals surface area contributed by atoms with Gasteiger partial charge in [0, 0.05) is 29.1 Å². The average molecular weight is 445 g/mol. The van der Waals surface area contributed by atoms with Gasteiger partial charge in [0.05, 0.1) is 0 Å². The molecule has 1 aromatic carbocycles. The summed E-state index contributed by atoms with van der Waals surface area (Å²) < 4.78 is 0. The van der Waals surface area contributed by atoms with Crippen molar-refractivity contribution in [3.8, 4) is 0 Å². The van der Waals surface area contributed by atoms with Gasteiger partial charge >= 0.3 is 0 Å². The number of rotatable bonds is 12. The van der Waals surface area contributed by atoms with Crippen molar-refractivity contribution in [3.63, 3.8) is 0 Å². The van der Waals surface area contributed by atoms with Crippen molar-refractivity contribution in [2.24, 2.45) is 0 Å². The van der Waals surface area contributed by atoms with Gasteiger partial charge in [0.2, 0.25) is 5.91 Å². The van der Waals surface area contributed by atoms with Crippen molar-refractivity contribution in [2.45, 2.75) is 90.9 Å². The zero-order valence-corrected chi connectivity index (χ0v) is 20.8. The standard InChI is InChI=1S/C27H41ClN2O/c1-6-11-22-18-21(5)25(24(28)19-22)27(7-2,14-16-29-8-3)15-17-30-26(31)23-13-10-9-12-20(23)4/h8,18-19,29H,3,6-7,9-17H2,1-2,4-5H3,(H,30,31). The average Bonchev–Trinajstić information content (AvgIpc) is 2.73. The van der Waals surface area contributed by atoms with Crippen molar-refractivity contribution in [3.05, 3.63) is 57.8 Å². The quantitative estimate of drug-likeness (QED) is 0.349. The van der Waals surface area contributed by atoms with Crippen LogP contribution in [0.1, 0.15) is 88.8 Å². The molecule has 1 unspecified atom stereocenters. The minimum absolute atomic E-state index is 0.0921. The highest BCUT2D eigenvalue weighted by Gasteiger charge is 2.33. The van der Waals surface area contributed by atoms with E-state index in [1.54, 1.807) is 6.20 Å². The van der Waals surface area contributed by atoms with Gasteiger partial charge in [-0.15, -0.1) is 0 Å². The normalized spacial score (nSPS) is 16.0. The number of nitrogens with one attached hydrogen (secondary N) is 2. The largest absolute Gasteiger partial charge is 0.391 e. The van der Waals surface area contributed by atoms with Crippen molar-refractivity contribution in [1.29, 1.82) is 0 Å². The van der Waals surface area contributed by atoms with Crippen LogP contribution < -0.4 is 10.6 Å². The number of hydrogen-bond donors (Lipinski definition) is 2. The molecule has 0 saturated heterocycles. The predicted molar refractivity (Wildman–Crippen MR) is 134 cm³/mol. The highest BCUT2D eigenvalue weighted by molar-refractivity contribution is 6.31. The number of halogens is 1. The molecule has 172 valence electrons. The molecule has 1 aromatic rings. The van der Waals surface area contributed by atoms with E-state index >= 15 is 0 Å². The third kappa shape index (κ3) is 6.62. The topological polar surface area (TPSA) is 41.1 Å². The first-order valence-corrected chi connectivity index (χ1v) is 12.4. The summed E-state index contributed by atoms with van der Waals surface area (Å²) >= 11 is 6.89. The molecule has 1 aliphatic carbocycles. The lowest BCUT2D eigenvalue weighted by atomic mass is 9.70. The lowest BCUT2D eigenvalue weighted by molar-refractivity contribution is -0.117. The Morgan fingerprint density at radius 1 is 1.16 bits per heavy atom. The molecule has 1 aliphatic rings. The van der Waals surface area contributed by atoms with E-state index in [0.29, 0.717) is 6.54 Å². The van der Waals surface area contributed by atoms with Gasteiger partial charge in [-0.2, -0.15) is 0 Å². The second-order valence-corrected chi connectivity index (χ2v) is 9.44. The fraction of sp³-hybridized carbons (Fsp3) is 0.593. The molecular weight excluding hydrogens is 404 g/mol. The Bertz CT molecular complexity index is 775. The van der Waals surface area contributed by atoms with Crippen molar-refractivity contribution >= 4 is 17.5 Å². The number of carbonyl (C=O) groups is 1. The predicted octanol–water partition coefficient (Wildman–Crippen LogP) is 6.77. The Kier molecular flexibility index (Phi) is 10.2. The van der Waals surface area contributed by atoms with Crippen LogP contribution in [0.4, 0.5) is 0 Å². The Labute approximate surface area is 194 Å². The SMILES string of the molecule is C=CNCCC(CC)(CCNC(=O)C1=C(C)CCCC1)c1c(C)cc(CCC)cc1Cl. The molecule has 4 heteroatoms. The van der Waals surface area contributed by atoms with E-state index in [1.807, 2.05) is 0 Å². The van der Waals surface area contributed by atoms with Crippen molar-refractivity contribution in [2.75, 3.05) is 13.1 Å². The monoisotopic (exact) mass is 444 g/mol. The Morgan fingerprint density at radius 2 is 1.87 bits per heavy atom. The molecule has 1 amide bonds. The van der Waals surface area contributed by atoms with Gasteiger partial charge in [0.15, 0.2) is 0 Å². The van der Waals surface area contributed by atoms with E-state index in [1.165, 1.54) is 28.7 Å². The minimum atomic E-state index is -0.0921. The van der Waals surface area contributed by atoms with Crippen LogP contribution in [0.5, 0.6) is 0 Å². The fourth-order valence-electron chi connectivity index (χ4n) is 5.12. The van der Waals surface area contributed by atoms with Gasteiger partial charge in [0.25, 0.3) is 0 Å². The molecule has 3 nitrogen and oxygen atoms in total. The summed E-state index contributed by atoms with van der Waals surface area (Å²) in [5.41, 5.74) is 5.96. The summed E-state index contributed by atoms with van der Waals surface area (Å²) in [5, 5.41) is 7.35. The van der Waals surface area contributed by atoms with Crippen LogP contribution >= 0.6 is 11.6 Å². The highest BCUT2D eigenvalue weighted by atomic mass is 35.5. The first-order valence-electron chi connectivity index (χ1n) is 12.0. The lowest BCUT2D eigenvalue weighted by Crippen LogP contribution is -2.36. The van der Waals surface area contributed by atoms with Crippen molar-refractivity contribution in [1.82, 2.24) is 10.6 Å². The Hall–Kier alpha value is -1.74. The molecule has 31 heavy (non-hydrogen) atoms. The maximum Gasteiger partial charge on any atom is 0.247 e. The first kappa shape index (κ1) is 25.5. The minimum Gasteiger partial charge on any atom is -0.391 e. The summed E-state index contributed by atoms with van der Waals surface area (Å²) in [4.78, 5) is 12.8. The van der Waals surface area contributed by atoms with Gasteiger partial charge < -0.3 is 10.6 Å². The van der Waals surface area contributed by atoms with Crippen LogP contribution in [-0.4, -0.2) is 19.0 Å². The van der Waals surface area contributed by atoms with E-state index in [2.05, 4.69) is 57.0 Å². The molecular formula is C27H41ClN2O. The summed E-state index contributed by atoms with van der Waals surface area (Å²) in [6.45, 7) is 14.0. The smallest absolute Gasteiger partial charge is 0.247 e. The molecule has 0 aliphatic heterocycles. The number of benzene rings is 1. The zero-order chi connectivity index (χ0) is 22.9. The summed E-state index contributed by atoms with van der Waals surface area (Å²) in [5.74, 6) is 0.118. The van der Waals surface area contributed by atoms with Crippen LogP contribution in [0, 0.1) is 6.92 Å². The number of hydrogen-bond acceptors (Lipinski definition) is 2. The van der Waals surface area contributed by atoms with Gasteiger partial charge in [-0.05, 0) is 94.2 Å². The first-order chi connectivity index (χ1) is 14.9. The fourth-order valence-corrected chi connectivity index (χ4v) is 5.61. The second-order valence-electron chi connectivity index (χ2n) is 9.03. The number of allylic oxidation sites excluding steroid dienone is 1. The van der Waals surface area contributed by atoms with Crippen LogP contribution in [-0.2, 0) is 16.6 Å². The molecule has 0 heterocycles. The number of aryl methyl sites for hydroxylation is 2. The third-order valence-electron chi connectivity index (χ3n) is 6.89. The summed E-state index contributed by atoms with van der Waals surface area (Å²) in [6, 6.07) is 4.44. The van der Waals surface area contributed by atoms with E-state index in [4.69, 9.17) is 11.6 Å². The van der Waals surface area contributed by atoms with Crippen LogP contribution in [0.3, 0.4) is 0 Å². The van der Waals surface area contributed by atoms with E-state index in [9.17, 15) is 4.79 Å². The van der Waals surface area contributed by atoms with E-state index in [0.717, 1.165) is 68.5 Å².